The highest BCUT2D eigenvalue weighted by Gasteiger charge is 2.30. The molecule has 3 amide bonds. The molecule has 1 fully saturated rings. The van der Waals surface area contributed by atoms with Crippen molar-refractivity contribution in [2.75, 3.05) is 44.6 Å². The Morgan fingerprint density at radius 3 is 2.37 bits per heavy atom. The first-order valence-corrected chi connectivity index (χ1v) is 12.3. The number of urea groups is 1. The standard InChI is InChI=1S/C29H32N4O2/c1-22-8-7-12-25(18-22)30-29(35)32-16-14-31(15-17-32)21-28(34)33-19-24-11-5-6-13-26(24)27(20-33)23-9-3-2-4-10-23/h2-13,18,27H,14-17,19-21H2,1H3,(H,30,35). The summed E-state index contributed by atoms with van der Waals surface area (Å²) in [5.41, 5.74) is 5.70. The minimum absolute atomic E-state index is 0.0834. The lowest BCUT2D eigenvalue weighted by Gasteiger charge is -2.38. The Labute approximate surface area is 207 Å². The highest BCUT2D eigenvalue weighted by Crippen LogP contribution is 2.33. The molecule has 3 aromatic carbocycles. The van der Waals surface area contributed by atoms with Gasteiger partial charge in [0.25, 0.3) is 0 Å². The van der Waals surface area contributed by atoms with Crippen LogP contribution in [0.4, 0.5) is 10.5 Å². The zero-order chi connectivity index (χ0) is 24.2. The second-order valence-electron chi connectivity index (χ2n) is 9.50. The van der Waals surface area contributed by atoms with E-state index in [9.17, 15) is 9.59 Å². The number of benzene rings is 3. The van der Waals surface area contributed by atoms with Gasteiger partial charge in [0.05, 0.1) is 6.54 Å². The molecule has 6 heteroatoms. The Balaban J connectivity index is 1.18. The highest BCUT2D eigenvalue weighted by molar-refractivity contribution is 5.89. The molecule has 180 valence electrons. The van der Waals surface area contributed by atoms with Gasteiger partial charge in [0, 0.05) is 50.9 Å². The fraction of sp³-hybridized carbons (Fsp3) is 0.310. The van der Waals surface area contributed by atoms with Crippen LogP contribution in [0.2, 0.25) is 0 Å². The summed E-state index contributed by atoms with van der Waals surface area (Å²) in [6, 6.07) is 26.6. The topological polar surface area (TPSA) is 55.9 Å². The van der Waals surface area contributed by atoms with Crippen molar-refractivity contribution >= 4 is 17.6 Å². The van der Waals surface area contributed by atoms with E-state index in [1.807, 2.05) is 47.1 Å². The second kappa shape index (κ2) is 10.3. The fourth-order valence-electron chi connectivity index (χ4n) is 5.09. The van der Waals surface area contributed by atoms with E-state index in [0.717, 1.165) is 11.3 Å². The van der Waals surface area contributed by atoms with Gasteiger partial charge in [0.1, 0.15) is 0 Å². The number of hydrogen-bond donors (Lipinski definition) is 1. The van der Waals surface area contributed by atoms with Gasteiger partial charge in [-0.25, -0.2) is 4.79 Å². The highest BCUT2D eigenvalue weighted by atomic mass is 16.2. The SMILES string of the molecule is Cc1cccc(NC(=O)N2CCN(CC(=O)N3Cc4ccccc4C(c4ccccc4)C3)CC2)c1. The summed E-state index contributed by atoms with van der Waals surface area (Å²) in [7, 11) is 0. The molecule has 5 rings (SSSR count). The Morgan fingerprint density at radius 2 is 1.60 bits per heavy atom. The first-order chi connectivity index (χ1) is 17.1. The average molecular weight is 469 g/mol. The third-order valence-electron chi connectivity index (χ3n) is 7.04. The normalized spacial score (nSPS) is 18.1. The van der Waals surface area contributed by atoms with Gasteiger partial charge < -0.3 is 15.1 Å². The number of carbonyl (C=O) groups excluding carboxylic acids is 2. The Hall–Kier alpha value is -3.64. The molecule has 1 N–H and O–H groups in total. The van der Waals surface area contributed by atoms with Crippen LogP contribution in [0.1, 0.15) is 28.2 Å². The molecule has 1 unspecified atom stereocenters. The van der Waals surface area contributed by atoms with Crippen LogP contribution < -0.4 is 5.32 Å². The minimum atomic E-state index is -0.0834. The second-order valence-corrected chi connectivity index (χ2v) is 9.50. The Bertz CT molecular complexity index is 1190. The van der Waals surface area contributed by atoms with E-state index in [-0.39, 0.29) is 17.9 Å². The fourth-order valence-corrected chi connectivity index (χ4v) is 5.09. The predicted molar refractivity (Wildman–Crippen MR) is 138 cm³/mol. The van der Waals surface area contributed by atoms with E-state index < -0.39 is 0 Å². The summed E-state index contributed by atoms with van der Waals surface area (Å²) in [6.45, 7) is 6.35. The largest absolute Gasteiger partial charge is 0.336 e. The Kier molecular flexibility index (Phi) is 6.82. The van der Waals surface area contributed by atoms with Crippen LogP contribution in [0.25, 0.3) is 0 Å². The number of amides is 3. The van der Waals surface area contributed by atoms with Crippen LogP contribution in [0.15, 0.2) is 78.9 Å². The maximum Gasteiger partial charge on any atom is 0.321 e. The summed E-state index contributed by atoms with van der Waals surface area (Å²) in [5, 5.41) is 2.98. The van der Waals surface area contributed by atoms with Gasteiger partial charge in [0.15, 0.2) is 0 Å². The quantitative estimate of drug-likeness (QED) is 0.621. The molecule has 0 saturated carbocycles. The van der Waals surface area contributed by atoms with E-state index >= 15 is 0 Å². The molecule has 0 spiro atoms. The molecule has 2 heterocycles. The van der Waals surface area contributed by atoms with Crippen molar-refractivity contribution in [3.05, 3.63) is 101 Å². The predicted octanol–water partition coefficient (Wildman–Crippen LogP) is 4.32. The van der Waals surface area contributed by atoms with Crippen molar-refractivity contribution in [2.24, 2.45) is 0 Å². The van der Waals surface area contributed by atoms with Crippen LogP contribution >= 0.6 is 0 Å². The summed E-state index contributed by atoms with van der Waals surface area (Å²) >= 11 is 0. The summed E-state index contributed by atoms with van der Waals surface area (Å²) in [4.78, 5) is 32.0. The summed E-state index contributed by atoms with van der Waals surface area (Å²) in [6.07, 6.45) is 0. The lowest BCUT2D eigenvalue weighted by atomic mass is 9.84. The first kappa shape index (κ1) is 23.1. The number of rotatable bonds is 4. The zero-order valence-corrected chi connectivity index (χ0v) is 20.2. The van der Waals surface area contributed by atoms with Crippen molar-refractivity contribution in [2.45, 2.75) is 19.4 Å². The van der Waals surface area contributed by atoms with Gasteiger partial charge in [-0.1, -0.05) is 66.7 Å². The molecule has 0 bridgehead atoms. The van der Waals surface area contributed by atoms with E-state index in [0.29, 0.717) is 45.8 Å². The monoisotopic (exact) mass is 468 g/mol. The van der Waals surface area contributed by atoms with Crippen LogP contribution in [0.5, 0.6) is 0 Å². The molecular formula is C29H32N4O2. The summed E-state index contributed by atoms with van der Waals surface area (Å²) < 4.78 is 0. The molecule has 1 saturated heterocycles. The van der Waals surface area contributed by atoms with Crippen LogP contribution in [-0.4, -0.2) is 65.9 Å². The van der Waals surface area contributed by atoms with Crippen LogP contribution in [-0.2, 0) is 11.3 Å². The van der Waals surface area contributed by atoms with E-state index in [2.05, 4.69) is 58.7 Å². The van der Waals surface area contributed by atoms with Gasteiger partial charge in [-0.15, -0.1) is 0 Å². The first-order valence-electron chi connectivity index (χ1n) is 12.3. The molecule has 0 radical (unpaired) electrons. The minimum Gasteiger partial charge on any atom is -0.336 e. The maximum absolute atomic E-state index is 13.3. The van der Waals surface area contributed by atoms with Gasteiger partial charge in [-0.05, 0) is 41.3 Å². The molecule has 6 nitrogen and oxygen atoms in total. The number of anilines is 1. The third-order valence-corrected chi connectivity index (χ3v) is 7.04. The molecule has 0 aromatic heterocycles. The number of piperazine rings is 1. The lowest BCUT2D eigenvalue weighted by Crippen LogP contribution is -2.53. The molecule has 35 heavy (non-hydrogen) atoms. The van der Waals surface area contributed by atoms with Crippen molar-refractivity contribution in [3.8, 4) is 0 Å². The number of aryl methyl sites for hydroxylation is 1. The van der Waals surface area contributed by atoms with E-state index in [4.69, 9.17) is 0 Å². The molecule has 0 aliphatic carbocycles. The zero-order valence-electron chi connectivity index (χ0n) is 20.2. The van der Waals surface area contributed by atoms with Crippen molar-refractivity contribution in [1.82, 2.24) is 14.7 Å². The molecule has 2 aliphatic rings. The maximum atomic E-state index is 13.3. The molecule has 3 aromatic rings. The van der Waals surface area contributed by atoms with Gasteiger partial charge in [-0.3, -0.25) is 9.69 Å². The number of fused-ring (bicyclic) bond motifs is 1. The third kappa shape index (κ3) is 5.38. The Morgan fingerprint density at radius 1 is 0.857 bits per heavy atom. The van der Waals surface area contributed by atoms with Crippen molar-refractivity contribution < 1.29 is 9.59 Å². The number of carbonyl (C=O) groups is 2. The summed E-state index contributed by atoms with van der Waals surface area (Å²) in [5.74, 6) is 0.338. The number of nitrogens with one attached hydrogen (secondary N) is 1. The molecular weight excluding hydrogens is 436 g/mol. The van der Waals surface area contributed by atoms with Crippen LogP contribution in [0.3, 0.4) is 0 Å². The van der Waals surface area contributed by atoms with Crippen LogP contribution in [0, 0.1) is 6.92 Å². The average Bonchev–Trinajstić information content (AvgIpc) is 2.89. The van der Waals surface area contributed by atoms with Gasteiger partial charge in [-0.2, -0.15) is 0 Å². The molecule has 2 aliphatic heterocycles. The van der Waals surface area contributed by atoms with Crippen molar-refractivity contribution in [3.63, 3.8) is 0 Å². The molecule has 1 atom stereocenters. The van der Waals surface area contributed by atoms with Gasteiger partial charge in [0.2, 0.25) is 5.91 Å². The van der Waals surface area contributed by atoms with Gasteiger partial charge >= 0.3 is 6.03 Å². The smallest absolute Gasteiger partial charge is 0.321 e. The number of nitrogens with zero attached hydrogens (tertiary/aromatic N) is 3. The lowest BCUT2D eigenvalue weighted by molar-refractivity contribution is -0.133. The van der Waals surface area contributed by atoms with E-state index in [1.165, 1.54) is 16.7 Å². The van der Waals surface area contributed by atoms with Crippen molar-refractivity contribution in [1.29, 1.82) is 0 Å². The number of hydrogen-bond acceptors (Lipinski definition) is 3. The van der Waals surface area contributed by atoms with E-state index in [1.54, 1.807) is 0 Å².